The van der Waals surface area contributed by atoms with E-state index in [0.717, 1.165) is 0 Å². The van der Waals surface area contributed by atoms with E-state index >= 15 is 0 Å². The van der Waals surface area contributed by atoms with Crippen LogP contribution in [0.4, 0.5) is 13.2 Å². The van der Waals surface area contributed by atoms with Crippen molar-refractivity contribution in [2.24, 2.45) is 5.92 Å². The van der Waals surface area contributed by atoms with Gasteiger partial charge in [0.15, 0.2) is 0 Å². The fourth-order valence-corrected chi connectivity index (χ4v) is 2.16. The fraction of sp³-hybridized carbons (Fsp3) is 0.833. The third-order valence-electron chi connectivity index (χ3n) is 3.23. The van der Waals surface area contributed by atoms with Gasteiger partial charge >= 0.3 is 6.18 Å². The van der Waals surface area contributed by atoms with E-state index in [-0.39, 0.29) is 18.4 Å². The number of hydrogen-bond donors (Lipinski definition) is 1. The molecule has 0 saturated carbocycles. The van der Waals surface area contributed by atoms with Crippen LogP contribution >= 0.6 is 0 Å². The quantitative estimate of drug-likeness (QED) is 0.820. The summed E-state index contributed by atoms with van der Waals surface area (Å²) in [5.74, 6) is -0.634. The molecule has 1 aliphatic heterocycles. The lowest BCUT2D eigenvalue weighted by atomic mass is 9.95. The second kappa shape index (κ2) is 6.92. The van der Waals surface area contributed by atoms with Crippen LogP contribution in [0.15, 0.2) is 0 Å². The van der Waals surface area contributed by atoms with Crippen LogP contribution in [0.5, 0.6) is 0 Å². The van der Waals surface area contributed by atoms with Crippen molar-refractivity contribution >= 4 is 11.8 Å². The van der Waals surface area contributed by atoms with Crippen LogP contribution in [0, 0.1) is 5.92 Å². The lowest BCUT2D eigenvalue weighted by Crippen LogP contribution is -2.45. The summed E-state index contributed by atoms with van der Waals surface area (Å²) < 4.78 is 35.8. The third kappa shape index (κ3) is 5.77. The molecule has 0 bridgehead atoms. The first-order valence-electron chi connectivity index (χ1n) is 6.46. The van der Waals surface area contributed by atoms with Crippen LogP contribution in [0.3, 0.4) is 0 Å². The van der Waals surface area contributed by atoms with Crippen molar-refractivity contribution in [3.8, 4) is 0 Å². The minimum absolute atomic E-state index is 0.0560. The number of amides is 2. The second-order valence-corrected chi connectivity index (χ2v) is 5.17. The summed E-state index contributed by atoms with van der Waals surface area (Å²) in [5.41, 5.74) is 0. The number of halogens is 3. The summed E-state index contributed by atoms with van der Waals surface area (Å²) in [7, 11) is 3.39. The molecule has 1 fully saturated rings. The fourth-order valence-electron chi connectivity index (χ4n) is 2.16. The van der Waals surface area contributed by atoms with Gasteiger partial charge in [-0.3, -0.25) is 14.5 Å². The SMILES string of the molecule is CN(C)C(=O)C1CCN(CC(=O)NCC(F)(F)F)CC1. The zero-order valence-corrected chi connectivity index (χ0v) is 11.7. The van der Waals surface area contributed by atoms with Crippen molar-refractivity contribution in [2.45, 2.75) is 19.0 Å². The first-order chi connectivity index (χ1) is 9.19. The molecule has 0 atom stereocenters. The van der Waals surface area contributed by atoms with E-state index in [9.17, 15) is 22.8 Å². The van der Waals surface area contributed by atoms with Crippen molar-refractivity contribution in [1.29, 1.82) is 0 Å². The Morgan fingerprint density at radius 1 is 1.25 bits per heavy atom. The maximum atomic E-state index is 11.9. The number of rotatable bonds is 4. The van der Waals surface area contributed by atoms with Crippen LogP contribution in [0.25, 0.3) is 0 Å². The first-order valence-corrected chi connectivity index (χ1v) is 6.46. The zero-order chi connectivity index (χ0) is 15.3. The van der Waals surface area contributed by atoms with Gasteiger partial charge in [-0.15, -0.1) is 0 Å². The summed E-state index contributed by atoms with van der Waals surface area (Å²) in [6, 6.07) is 0. The molecule has 20 heavy (non-hydrogen) atoms. The molecule has 1 aliphatic rings. The van der Waals surface area contributed by atoms with Gasteiger partial charge in [0.05, 0.1) is 6.54 Å². The van der Waals surface area contributed by atoms with Crippen molar-refractivity contribution < 1.29 is 22.8 Å². The lowest BCUT2D eigenvalue weighted by Gasteiger charge is -2.31. The second-order valence-electron chi connectivity index (χ2n) is 5.17. The molecule has 0 aromatic rings. The predicted octanol–water partition coefficient (Wildman–Crippen LogP) is 0.465. The van der Waals surface area contributed by atoms with Gasteiger partial charge in [-0.1, -0.05) is 0 Å². The van der Waals surface area contributed by atoms with Crippen LogP contribution in [0.1, 0.15) is 12.8 Å². The number of carbonyl (C=O) groups excluding carboxylic acids is 2. The van der Waals surface area contributed by atoms with Crippen LogP contribution < -0.4 is 5.32 Å². The van der Waals surface area contributed by atoms with E-state index in [1.54, 1.807) is 19.0 Å². The molecular formula is C12H20F3N3O2. The zero-order valence-electron chi connectivity index (χ0n) is 11.7. The Morgan fingerprint density at radius 3 is 2.25 bits per heavy atom. The molecule has 0 aliphatic carbocycles. The first kappa shape index (κ1) is 16.7. The molecule has 1 rings (SSSR count). The molecule has 1 saturated heterocycles. The van der Waals surface area contributed by atoms with Gasteiger partial charge in [0.1, 0.15) is 6.54 Å². The lowest BCUT2D eigenvalue weighted by molar-refractivity contribution is -0.139. The van der Waals surface area contributed by atoms with E-state index in [4.69, 9.17) is 0 Å². The number of likely N-dealkylation sites (tertiary alicyclic amines) is 1. The highest BCUT2D eigenvalue weighted by Gasteiger charge is 2.29. The topological polar surface area (TPSA) is 52.7 Å². The number of hydrogen-bond acceptors (Lipinski definition) is 3. The average molecular weight is 295 g/mol. The molecule has 5 nitrogen and oxygen atoms in total. The molecule has 0 radical (unpaired) electrons. The molecule has 0 aromatic carbocycles. The highest BCUT2D eigenvalue weighted by molar-refractivity contribution is 5.79. The molecule has 1 heterocycles. The molecule has 0 unspecified atom stereocenters. The van der Waals surface area contributed by atoms with E-state index in [1.807, 2.05) is 5.32 Å². The maximum Gasteiger partial charge on any atom is 0.405 e. The third-order valence-corrected chi connectivity index (χ3v) is 3.23. The van der Waals surface area contributed by atoms with Crippen molar-refractivity contribution in [1.82, 2.24) is 15.1 Å². The van der Waals surface area contributed by atoms with Gasteiger partial charge in [0.25, 0.3) is 0 Å². The Balaban J connectivity index is 2.29. The standard InChI is InChI=1S/C12H20F3N3O2/c1-17(2)11(20)9-3-5-18(6-4-9)7-10(19)16-8-12(13,14)15/h9H,3-8H2,1-2H3,(H,16,19). The van der Waals surface area contributed by atoms with Gasteiger partial charge in [0.2, 0.25) is 11.8 Å². The Morgan fingerprint density at radius 2 is 1.80 bits per heavy atom. The molecule has 0 aromatic heterocycles. The van der Waals surface area contributed by atoms with Gasteiger partial charge < -0.3 is 10.2 Å². The molecular weight excluding hydrogens is 275 g/mol. The number of carbonyl (C=O) groups is 2. The van der Waals surface area contributed by atoms with Crippen molar-refractivity contribution in [2.75, 3.05) is 40.3 Å². The Hall–Kier alpha value is -1.31. The molecule has 8 heteroatoms. The molecule has 2 amide bonds. The van der Waals surface area contributed by atoms with Gasteiger partial charge in [-0.05, 0) is 25.9 Å². The van der Waals surface area contributed by atoms with Gasteiger partial charge in [-0.2, -0.15) is 13.2 Å². The van der Waals surface area contributed by atoms with Gasteiger partial charge in [0, 0.05) is 20.0 Å². The minimum atomic E-state index is -4.39. The van der Waals surface area contributed by atoms with Crippen LogP contribution in [-0.2, 0) is 9.59 Å². The summed E-state index contributed by atoms with van der Waals surface area (Å²) >= 11 is 0. The highest BCUT2D eigenvalue weighted by Crippen LogP contribution is 2.18. The largest absolute Gasteiger partial charge is 0.405 e. The molecule has 1 N–H and O–H groups in total. The highest BCUT2D eigenvalue weighted by atomic mass is 19.4. The van der Waals surface area contributed by atoms with Crippen molar-refractivity contribution in [3.63, 3.8) is 0 Å². The summed E-state index contributed by atoms with van der Waals surface area (Å²) in [6.45, 7) is -0.270. The normalized spacial score (nSPS) is 17.9. The number of piperidine rings is 1. The summed E-state index contributed by atoms with van der Waals surface area (Å²) in [4.78, 5) is 26.4. The smallest absolute Gasteiger partial charge is 0.349 e. The Labute approximate surface area is 116 Å². The van der Waals surface area contributed by atoms with Crippen molar-refractivity contribution in [3.05, 3.63) is 0 Å². The number of alkyl halides is 3. The van der Waals surface area contributed by atoms with Gasteiger partial charge in [-0.25, -0.2) is 0 Å². The Kier molecular flexibility index (Phi) is 5.79. The Bertz CT molecular complexity index is 350. The monoisotopic (exact) mass is 295 g/mol. The summed E-state index contributed by atoms with van der Waals surface area (Å²) in [6.07, 6.45) is -3.13. The van der Waals surface area contributed by atoms with E-state index in [1.165, 1.54) is 4.90 Å². The maximum absolute atomic E-state index is 11.9. The molecule has 0 spiro atoms. The molecule has 116 valence electrons. The average Bonchev–Trinajstić information content (AvgIpc) is 2.35. The van der Waals surface area contributed by atoms with E-state index < -0.39 is 18.6 Å². The van der Waals surface area contributed by atoms with E-state index in [0.29, 0.717) is 25.9 Å². The van der Waals surface area contributed by atoms with Crippen LogP contribution in [-0.4, -0.2) is 68.1 Å². The number of nitrogens with one attached hydrogen (secondary N) is 1. The van der Waals surface area contributed by atoms with E-state index in [2.05, 4.69) is 0 Å². The number of nitrogens with zero attached hydrogens (tertiary/aromatic N) is 2. The summed E-state index contributed by atoms with van der Waals surface area (Å²) in [5, 5.41) is 1.84. The minimum Gasteiger partial charge on any atom is -0.349 e. The predicted molar refractivity (Wildman–Crippen MR) is 66.9 cm³/mol. The van der Waals surface area contributed by atoms with Crippen LogP contribution in [0.2, 0.25) is 0 Å².